The summed E-state index contributed by atoms with van der Waals surface area (Å²) in [5, 5.41) is 23.5. The number of hydrogen-bond acceptors (Lipinski definition) is 10. The largest absolute Gasteiger partial charge is 0.374 e. The van der Waals surface area contributed by atoms with Crippen molar-refractivity contribution in [2.24, 2.45) is 5.10 Å². The van der Waals surface area contributed by atoms with Crippen molar-refractivity contribution >= 4 is 40.0 Å². The molecule has 11 nitrogen and oxygen atoms in total. The molecular formula is C16H20N8O3S. The van der Waals surface area contributed by atoms with E-state index in [1.165, 1.54) is 12.3 Å². The standard InChI is InChI=1S/C16H20N8O3S/c1-22-4-6-23(7-5-22)12-3-2-11(8-13(12)24(26)27)10-18-19-14(25)9-15-20-21-16(17)28-15/h2-3,8,10H,4-7,9H2,1H3,(H2,17,21)(H,19,25)/b18-10+. The number of nitrogen functional groups attached to an aromatic ring is 1. The van der Waals surface area contributed by atoms with Crippen LogP contribution in [0.15, 0.2) is 23.3 Å². The Morgan fingerprint density at radius 2 is 2.14 bits per heavy atom. The van der Waals surface area contributed by atoms with E-state index in [4.69, 9.17) is 5.73 Å². The third kappa shape index (κ3) is 4.98. The topological polar surface area (TPSA) is 143 Å². The average molecular weight is 404 g/mol. The summed E-state index contributed by atoms with van der Waals surface area (Å²) in [6, 6.07) is 4.91. The Bertz CT molecular complexity index is 892. The summed E-state index contributed by atoms with van der Waals surface area (Å²) >= 11 is 1.13. The Balaban J connectivity index is 1.65. The molecule has 0 aliphatic carbocycles. The van der Waals surface area contributed by atoms with Crippen molar-refractivity contribution in [3.05, 3.63) is 38.9 Å². The minimum absolute atomic E-state index is 0.00863. The molecule has 1 aliphatic rings. The molecule has 3 rings (SSSR count). The lowest BCUT2D eigenvalue weighted by Gasteiger charge is -2.33. The van der Waals surface area contributed by atoms with Crippen LogP contribution in [-0.2, 0) is 11.2 Å². The van der Waals surface area contributed by atoms with Gasteiger partial charge in [0.1, 0.15) is 10.7 Å². The predicted molar refractivity (Wildman–Crippen MR) is 107 cm³/mol. The van der Waals surface area contributed by atoms with Crippen LogP contribution in [-0.4, -0.2) is 65.4 Å². The van der Waals surface area contributed by atoms with Gasteiger partial charge < -0.3 is 15.5 Å². The molecule has 0 bridgehead atoms. The molecule has 2 heterocycles. The van der Waals surface area contributed by atoms with E-state index in [1.54, 1.807) is 12.1 Å². The van der Waals surface area contributed by atoms with E-state index in [0.29, 0.717) is 21.4 Å². The molecule has 1 saturated heterocycles. The lowest BCUT2D eigenvalue weighted by atomic mass is 10.1. The second kappa shape index (κ2) is 8.71. The number of aromatic nitrogens is 2. The highest BCUT2D eigenvalue weighted by Gasteiger charge is 2.22. The third-order valence-electron chi connectivity index (χ3n) is 4.24. The van der Waals surface area contributed by atoms with Crippen LogP contribution in [0.3, 0.4) is 0 Å². The molecule has 1 amide bonds. The summed E-state index contributed by atoms with van der Waals surface area (Å²) in [6.07, 6.45) is 1.38. The second-order valence-corrected chi connectivity index (χ2v) is 7.39. The van der Waals surface area contributed by atoms with Gasteiger partial charge in [-0.15, -0.1) is 10.2 Å². The number of anilines is 2. The van der Waals surface area contributed by atoms with Gasteiger partial charge in [-0.05, 0) is 13.1 Å². The zero-order chi connectivity index (χ0) is 20.1. The van der Waals surface area contributed by atoms with E-state index in [0.717, 1.165) is 37.5 Å². The molecule has 3 N–H and O–H groups in total. The average Bonchev–Trinajstić information content (AvgIpc) is 3.07. The molecule has 28 heavy (non-hydrogen) atoms. The number of nitro groups is 1. The summed E-state index contributed by atoms with van der Waals surface area (Å²) in [7, 11) is 2.03. The summed E-state index contributed by atoms with van der Waals surface area (Å²) < 4.78 is 0. The molecule has 1 aliphatic heterocycles. The van der Waals surface area contributed by atoms with Gasteiger partial charge in [0.2, 0.25) is 11.0 Å². The van der Waals surface area contributed by atoms with E-state index in [9.17, 15) is 14.9 Å². The number of nitrogens with two attached hydrogens (primary N) is 1. The number of piperazine rings is 1. The number of likely N-dealkylation sites (N-methyl/N-ethyl adjacent to an activating group) is 1. The lowest BCUT2D eigenvalue weighted by Crippen LogP contribution is -2.44. The van der Waals surface area contributed by atoms with Gasteiger partial charge in [-0.3, -0.25) is 14.9 Å². The van der Waals surface area contributed by atoms with E-state index >= 15 is 0 Å². The minimum Gasteiger partial charge on any atom is -0.374 e. The van der Waals surface area contributed by atoms with Crippen LogP contribution < -0.4 is 16.1 Å². The summed E-state index contributed by atoms with van der Waals surface area (Å²) in [4.78, 5) is 27.1. The highest BCUT2D eigenvalue weighted by Crippen LogP contribution is 2.29. The van der Waals surface area contributed by atoms with Crippen molar-refractivity contribution in [1.29, 1.82) is 0 Å². The highest BCUT2D eigenvalue weighted by molar-refractivity contribution is 7.15. The summed E-state index contributed by atoms with van der Waals surface area (Å²) in [6.45, 7) is 3.17. The molecule has 1 aromatic carbocycles. The van der Waals surface area contributed by atoms with Gasteiger partial charge in [-0.2, -0.15) is 5.10 Å². The lowest BCUT2D eigenvalue weighted by molar-refractivity contribution is -0.384. The Morgan fingerprint density at radius 1 is 1.39 bits per heavy atom. The maximum atomic E-state index is 11.8. The number of nitrogens with one attached hydrogen (secondary N) is 1. The van der Waals surface area contributed by atoms with E-state index < -0.39 is 4.92 Å². The molecule has 2 aromatic rings. The first-order valence-electron chi connectivity index (χ1n) is 8.54. The van der Waals surface area contributed by atoms with Crippen LogP contribution in [0.1, 0.15) is 10.6 Å². The van der Waals surface area contributed by atoms with E-state index in [-0.39, 0.29) is 18.0 Å². The number of benzene rings is 1. The minimum atomic E-state index is -0.399. The fraction of sp³-hybridized carbons (Fsp3) is 0.375. The molecule has 1 fully saturated rings. The van der Waals surface area contributed by atoms with Gasteiger partial charge in [0, 0.05) is 37.8 Å². The fourth-order valence-electron chi connectivity index (χ4n) is 2.78. The molecule has 0 saturated carbocycles. The second-order valence-electron chi connectivity index (χ2n) is 6.30. The number of carbonyl (C=O) groups is 1. The van der Waals surface area contributed by atoms with Gasteiger partial charge in [-0.1, -0.05) is 17.4 Å². The molecule has 0 unspecified atom stereocenters. The highest BCUT2D eigenvalue weighted by atomic mass is 32.1. The summed E-state index contributed by atoms with van der Waals surface area (Å²) in [5.74, 6) is -0.379. The van der Waals surface area contributed by atoms with Gasteiger partial charge in [0.15, 0.2) is 0 Å². The van der Waals surface area contributed by atoms with Gasteiger partial charge >= 0.3 is 0 Å². The van der Waals surface area contributed by atoms with E-state index in [2.05, 4.69) is 25.6 Å². The quantitative estimate of drug-likeness (QED) is 0.402. The number of hydrogen-bond donors (Lipinski definition) is 2. The van der Waals surface area contributed by atoms with Crippen molar-refractivity contribution in [2.45, 2.75) is 6.42 Å². The number of nitrogens with zero attached hydrogens (tertiary/aromatic N) is 6. The molecule has 0 radical (unpaired) electrons. The number of hydrazone groups is 1. The zero-order valence-corrected chi connectivity index (χ0v) is 16.1. The van der Waals surface area contributed by atoms with Gasteiger partial charge in [-0.25, -0.2) is 5.43 Å². The number of nitro benzene ring substituents is 1. The Labute approximate surface area is 165 Å². The normalized spacial score (nSPS) is 15.1. The molecule has 1 aromatic heterocycles. The maximum Gasteiger partial charge on any atom is 0.293 e. The molecule has 0 atom stereocenters. The third-order valence-corrected chi connectivity index (χ3v) is 4.99. The first kappa shape index (κ1) is 19.6. The Kier molecular flexibility index (Phi) is 6.11. The van der Waals surface area contributed by atoms with Crippen LogP contribution in [0, 0.1) is 10.1 Å². The number of carbonyl (C=O) groups excluding carboxylic acids is 1. The smallest absolute Gasteiger partial charge is 0.293 e. The number of rotatable bonds is 6. The predicted octanol–water partition coefficient (Wildman–Crippen LogP) is 0.473. The Hall–Kier alpha value is -3.12. The maximum absolute atomic E-state index is 11.8. The fourth-order valence-corrected chi connectivity index (χ4v) is 3.38. The van der Waals surface area contributed by atoms with Crippen LogP contribution >= 0.6 is 11.3 Å². The monoisotopic (exact) mass is 404 g/mol. The molecule has 148 valence electrons. The van der Waals surface area contributed by atoms with Crippen molar-refractivity contribution in [1.82, 2.24) is 20.5 Å². The van der Waals surface area contributed by atoms with Crippen LogP contribution in [0.2, 0.25) is 0 Å². The Morgan fingerprint density at radius 3 is 2.79 bits per heavy atom. The molecule has 12 heteroatoms. The van der Waals surface area contributed by atoms with Crippen molar-refractivity contribution in [3.8, 4) is 0 Å². The molecular weight excluding hydrogens is 384 g/mol. The molecule has 0 spiro atoms. The first-order chi connectivity index (χ1) is 13.4. The number of amides is 1. The first-order valence-corrected chi connectivity index (χ1v) is 9.35. The summed E-state index contributed by atoms with van der Waals surface area (Å²) in [5.41, 5.74) is 8.95. The van der Waals surface area contributed by atoms with Crippen LogP contribution in [0.5, 0.6) is 0 Å². The van der Waals surface area contributed by atoms with Crippen LogP contribution in [0.25, 0.3) is 0 Å². The van der Waals surface area contributed by atoms with Crippen LogP contribution in [0.4, 0.5) is 16.5 Å². The van der Waals surface area contributed by atoms with E-state index in [1.807, 2.05) is 11.9 Å². The van der Waals surface area contributed by atoms with Crippen molar-refractivity contribution in [3.63, 3.8) is 0 Å². The SMILES string of the molecule is CN1CCN(c2ccc(/C=N/NC(=O)Cc3nnc(N)s3)cc2[N+](=O)[O-])CC1. The van der Waals surface area contributed by atoms with Crippen molar-refractivity contribution in [2.75, 3.05) is 43.9 Å². The zero-order valence-electron chi connectivity index (χ0n) is 15.2. The van der Waals surface area contributed by atoms with Gasteiger partial charge in [0.05, 0.1) is 17.6 Å². The van der Waals surface area contributed by atoms with Gasteiger partial charge in [0.25, 0.3) is 5.69 Å². The van der Waals surface area contributed by atoms with Crippen molar-refractivity contribution < 1.29 is 9.72 Å².